The van der Waals surface area contributed by atoms with E-state index in [4.69, 9.17) is 5.26 Å². The van der Waals surface area contributed by atoms with E-state index in [1.807, 2.05) is 0 Å². The van der Waals surface area contributed by atoms with Crippen molar-refractivity contribution >= 4 is 17.3 Å². The van der Waals surface area contributed by atoms with E-state index in [0.717, 1.165) is 0 Å². The van der Waals surface area contributed by atoms with Gasteiger partial charge in [0.15, 0.2) is 0 Å². The maximum Gasteiger partial charge on any atom is 0.309 e. The Balaban J connectivity index is 2.14. The van der Waals surface area contributed by atoms with Gasteiger partial charge in [0.2, 0.25) is 5.91 Å². The number of rotatable bonds is 4. The van der Waals surface area contributed by atoms with Crippen LogP contribution in [-0.2, 0) is 4.79 Å². The predicted octanol–water partition coefficient (Wildman–Crippen LogP) is 1.16. The van der Waals surface area contributed by atoms with E-state index in [1.54, 1.807) is 18.2 Å². The lowest BCUT2D eigenvalue weighted by Crippen LogP contribution is -2.31. The summed E-state index contributed by atoms with van der Waals surface area (Å²) in [4.78, 5) is 21.5. The molecule has 0 aromatic heterocycles. The van der Waals surface area contributed by atoms with Crippen LogP contribution in [0.3, 0.4) is 0 Å². The zero-order chi connectivity index (χ0) is 13.8. The van der Waals surface area contributed by atoms with E-state index in [0.29, 0.717) is 25.1 Å². The molecule has 0 spiro atoms. The summed E-state index contributed by atoms with van der Waals surface area (Å²) < 4.78 is 0. The number of nitrogens with one attached hydrogen (secondary N) is 2. The van der Waals surface area contributed by atoms with E-state index < -0.39 is 4.92 Å². The zero-order valence-electron chi connectivity index (χ0n) is 10.0. The summed E-state index contributed by atoms with van der Waals surface area (Å²) in [6.07, 6.45) is 1.18. The van der Waals surface area contributed by atoms with Crippen molar-refractivity contribution in [3.05, 3.63) is 33.9 Å². The van der Waals surface area contributed by atoms with E-state index in [-0.39, 0.29) is 23.2 Å². The topological polar surface area (TPSA) is 108 Å². The smallest absolute Gasteiger partial charge is 0.309 e. The molecule has 1 fully saturated rings. The highest BCUT2D eigenvalue weighted by molar-refractivity contribution is 5.78. The second kappa shape index (κ2) is 5.35. The number of carbonyl (C=O) groups is 1. The standard InChI is InChI=1S/C12H12N4O3/c13-6-8-2-1-3-10(12(8)16(18)19)14-7-9-4-5-11(17)15-9/h1-3,9,14H,4-5,7H2,(H,15,17). The second-order valence-electron chi connectivity index (χ2n) is 4.25. The number of nitrogens with zero attached hydrogens (tertiary/aromatic N) is 2. The van der Waals surface area contributed by atoms with Gasteiger partial charge in [-0.25, -0.2) is 0 Å². The van der Waals surface area contributed by atoms with Crippen LogP contribution < -0.4 is 10.6 Å². The highest BCUT2D eigenvalue weighted by atomic mass is 16.6. The van der Waals surface area contributed by atoms with Gasteiger partial charge in [-0.05, 0) is 18.6 Å². The van der Waals surface area contributed by atoms with Crippen molar-refractivity contribution in [3.8, 4) is 6.07 Å². The van der Waals surface area contributed by atoms with Crippen LogP contribution in [0.4, 0.5) is 11.4 Å². The molecule has 7 nitrogen and oxygen atoms in total. The normalized spacial score (nSPS) is 17.6. The number of nitro benzene ring substituents is 1. The monoisotopic (exact) mass is 260 g/mol. The molecular formula is C12H12N4O3. The summed E-state index contributed by atoms with van der Waals surface area (Å²) in [5.41, 5.74) is 0.0879. The number of nitro groups is 1. The summed E-state index contributed by atoms with van der Waals surface area (Å²) in [7, 11) is 0. The third-order valence-corrected chi connectivity index (χ3v) is 2.96. The number of carbonyl (C=O) groups excluding carboxylic acids is 1. The number of benzene rings is 1. The average molecular weight is 260 g/mol. The fourth-order valence-corrected chi connectivity index (χ4v) is 2.04. The quantitative estimate of drug-likeness (QED) is 0.623. The first-order valence-electron chi connectivity index (χ1n) is 5.82. The van der Waals surface area contributed by atoms with Gasteiger partial charge in [-0.2, -0.15) is 5.26 Å². The number of anilines is 1. The lowest BCUT2D eigenvalue weighted by Gasteiger charge is -2.12. The van der Waals surface area contributed by atoms with Crippen LogP contribution in [0.1, 0.15) is 18.4 Å². The first-order chi connectivity index (χ1) is 9.11. The Morgan fingerprint density at radius 1 is 1.58 bits per heavy atom. The van der Waals surface area contributed by atoms with Crippen molar-refractivity contribution in [3.63, 3.8) is 0 Å². The Morgan fingerprint density at radius 3 is 2.95 bits per heavy atom. The molecule has 1 aromatic carbocycles. The van der Waals surface area contributed by atoms with Gasteiger partial charge >= 0.3 is 5.69 Å². The zero-order valence-corrected chi connectivity index (χ0v) is 10.0. The summed E-state index contributed by atoms with van der Waals surface area (Å²) in [6, 6.07) is 6.31. The number of hydrogen-bond donors (Lipinski definition) is 2. The molecule has 0 radical (unpaired) electrons. The first-order valence-corrected chi connectivity index (χ1v) is 5.82. The minimum Gasteiger partial charge on any atom is -0.377 e. The minimum atomic E-state index is -0.575. The molecule has 7 heteroatoms. The van der Waals surface area contributed by atoms with Gasteiger partial charge < -0.3 is 10.6 Å². The molecule has 0 saturated carbocycles. The Hall–Kier alpha value is -2.62. The molecule has 1 aliphatic rings. The van der Waals surface area contributed by atoms with Crippen LogP contribution in [0.25, 0.3) is 0 Å². The Labute approximate surface area is 109 Å². The van der Waals surface area contributed by atoms with Gasteiger partial charge in [0.25, 0.3) is 0 Å². The Kier molecular flexibility index (Phi) is 3.61. The maximum absolute atomic E-state index is 11.1. The molecular weight excluding hydrogens is 248 g/mol. The minimum absolute atomic E-state index is 0.00734. The Morgan fingerprint density at radius 2 is 2.37 bits per heavy atom. The van der Waals surface area contributed by atoms with Crippen LogP contribution in [-0.4, -0.2) is 23.4 Å². The van der Waals surface area contributed by atoms with Crippen molar-refractivity contribution in [1.29, 1.82) is 5.26 Å². The molecule has 1 amide bonds. The van der Waals surface area contributed by atoms with Crippen LogP contribution in [0.15, 0.2) is 18.2 Å². The summed E-state index contributed by atoms with van der Waals surface area (Å²) in [5.74, 6) is -0.00734. The Bertz CT molecular complexity index is 565. The third-order valence-electron chi connectivity index (χ3n) is 2.96. The molecule has 1 saturated heterocycles. The lowest BCUT2D eigenvalue weighted by molar-refractivity contribution is -0.384. The molecule has 1 atom stereocenters. The molecule has 1 unspecified atom stereocenters. The number of amides is 1. The number of hydrogen-bond acceptors (Lipinski definition) is 5. The van der Waals surface area contributed by atoms with Gasteiger partial charge in [0.1, 0.15) is 17.3 Å². The van der Waals surface area contributed by atoms with Crippen molar-refractivity contribution in [2.24, 2.45) is 0 Å². The molecule has 1 aliphatic heterocycles. The second-order valence-corrected chi connectivity index (χ2v) is 4.25. The van der Waals surface area contributed by atoms with Crippen molar-refractivity contribution in [2.45, 2.75) is 18.9 Å². The van der Waals surface area contributed by atoms with Crippen LogP contribution in [0, 0.1) is 21.4 Å². The summed E-state index contributed by atoms with van der Waals surface area (Å²) in [6.45, 7) is 0.404. The molecule has 1 aromatic rings. The van der Waals surface area contributed by atoms with Crippen LogP contribution in [0.2, 0.25) is 0 Å². The van der Waals surface area contributed by atoms with Crippen LogP contribution in [0.5, 0.6) is 0 Å². The third kappa shape index (κ3) is 2.80. The van der Waals surface area contributed by atoms with Gasteiger partial charge in [0, 0.05) is 19.0 Å². The highest BCUT2D eigenvalue weighted by Gasteiger charge is 2.23. The molecule has 0 bridgehead atoms. The van der Waals surface area contributed by atoms with Crippen molar-refractivity contribution in [1.82, 2.24) is 5.32 Å². The number of para-hydroxylation sites is 1. The average Bonchev–Trinajstić information content (AvgIpc) is 2.81. The molecule has 0 aliphatic carbocycles. The highest BCUT2D eigenvalue weighted by Crippen LogP contribution is 2.28. The lowest BCUT2D eigenvalue weighted by atomic mass is 10.1. The maximum atomic E-state index is 11.1. The molecule has 2 rings (SSSR count). The largest absolute Gasteiger partial charge is 0.377 e. The van der Waals surface area contributed by atoms with Gasteiger partial charge in [-0.1, -0.05) is 6.07 Å². The fraction of sp³-hybridized carbons (Fsp3) is 0.333. The first kappa shape index (κ1) is 12.8. The van der Waals surface area contributed by atoms with E-state index in [9.17, 15) is 14.9 Å². The van der Waals surface area contributed by atoms with Crippen molar-refractivity contribution < 1.29 is 9.72 Å². The van der Waals surface area contributed by atoms with E-state index in [1.165, 1.54) is 6.07 Å². The van der Waals surface area contributed by atoms with Gasteiger partial charge in [0.05, 0.1) is 4.92 Å². The number of nitriles is 1. The SMILES string of the molecule is N#Cc1cccc(NCC2CCC(=O)N2)c1[N+](=O)[O-]. The van der Waals surface area contributed by atoms with E-state index >= 15 is 0 Å². The van der Waals surface area contributed by atoms with Crippen molar-refractivity contribution in [2.75, 3.05) is 11.9 Å². The molecule has 1 heterocycles. The van der Waals surface area contributed by atoms with E-state index in [2.05, 4.69) is 10.6 Å². The molecule has 19 heavy (non-hydrogen) atoms. The summed E-state index contributed by atoms with van der Waals surface area (Å²) >= 11 is 0. The molecule has 2 N–H and O–H groups in total. The van der Waals surface area contributed by atoms with Gasteiger partial charge in [-0.3, -0.25) is 14.9 Å². The molecule has 98 valence electrons. The van der Waals surface area contributed by atoms with Gasteiger partial charge in [-0.15, -0.1) is 0 Å². The summed E-state index contributed by atoms with van der Waals surface area (Å²) in [5, 5.41) is 25.6. The predicted molar refractivity (Wildman–Crippen MR) is 67.5 cm³/mol. The fourth-order valence-electron chi connectivity index (χ4n) is 2.04. The van der Waals surface area contributed by atoms with Crippen LogP contribution >= 0.6 is 0 Å².